The first-order valence-corrected chi connectivity index (χ1v) is 10.6. The Morgan fingerprint density at radius 2 is 1.48 bits per heavy atom. The Balaban J connectivity index is 1.69. The number of benzene rings is 2. The lowest BCUT2D eigenvalue weighted by Gasteiger charge is -2.49. The van der Waals surface area contributed by atoms with Crippen LogP contribution in [0.1, 0.15) is 53.1 Å². The number of imide groups is 1. The topological polar surface area (TPSA) is 84.0 Å². The Labute approximate surface area is 188 Å². The van der Waals surface area contributed by atoms with Gasteiger partial charge in [0.1, 0.15) is 18.2 Å². The van der Waals surface area contributed by atoms with E-state index in [1.165, 1.54) is 4.90 Å². The Morgan fingerprint density at radius 1 is 0.935 bits per heavy atom. The SMILES string of the molecule is CC(C)(C)OC(=O)CN1C(=O)[C@H](N2C(=O)c3ccccc3C2=O)[C@@H]1c1ccccc1Br. The summed E-state index contributed by atoms with van der Waals surface area (Å²) in [6.45, 7) is 4.96. The number of hydrogen-bond donors (Lipinski definition) is 0. The molecule has 0 spiro atoms. The lowest BCUT2D eigenvalue weighted by atomic mass is 9.87. The average Bonchev–Trinajstić information content (AvgIpc) is 2.94. The molecule has 0 unspecified atom stereocenters. The summed E-state index contributed by atoms with van der Waals surface area (Å²) < 4.78 is 6.08. The Hall–Kier alpha value is -3.00. The first kappa shape index (κ1) is 21.2. The number of amides is 3. The van der Waals surface area contributed by atoms with Crippen molar-refractivity contribution in [2.45, 2.75) is 38.5 Å². The predicted octanol–water partition coefficient (Wildman–Crippen LogP) is 3.34. The molecule has 2 atom stereocenters. The molecule has 2 aliphatic heterocycles. The molecule has 0 N–H and O–H groups in total. The highest BCUT2D eigenvalue weighted by atomic mass is 79.9. The van der Waals surface area contributed by atoms with Crippen LogP contribution in [0.25, 0.3) is 0 Å². The Morgan fingerprint density at radius 3 is 2.03 bits per heavy atom. The molecule has 0 aliphatic carbocycles. The molecule has 1 saturated heterocycles. The monoisotopic (exact) mass is 484 g/mol. The van der Waals surface area contributed by atoms with E-state index in [-0.39, 0.29) is 17.7 Å². The molecular weight excluding hydrogens is 464 g/mol. The van der Waals surface area contributed by atoms with Gasteiger partial charge in [-0.15, -0.1) is 0 Å². The number of β-lactam (4-membered cyclic amide) rings is 1. The first-order chi connectivity index (χ1) is 14.6. The van der Waals surface area contributed by atoms with Crippen LogP contribution in [-0.4, -0.2) is 51.7 Å². The second-order valence-electron chi connectivity index (χ2n) is 8.49. The number of hydrogen-bond acceptors (Lipinski definition) is 5. The Bertz CT molecular complexity index is 1070. The molecule has 160 valence electrons. The Kier molecular flexibility index (Phi) is 5.21. The quantitative estimate of drug-likeness (QED) is 0.377. The maximum atomic E-state index is 13.1. The van der Waals surface area contributed by atoms with E-state index in [0.717, 1.165) is 4.90 Å². The van der Waals surface area contributed by atoms with Crippen LogP contribution in [-0.2, 0) is 14.3 Å². The normalized spacial score (nSPS) is 20.6. The zero-order valence-corrected chi connectivity index (χ0v) is 18.9. The standard InChI is InChI=1S/C23H21BrN2O5/c1-23(2,3)31-17(27)12-25-18(15-10-6-7-11-16(15)24)19(22(25)30)26-20(28)13-8-4-5-9-14(13)21(26)29/h4-11,18-19H,12H2,1-3H3/t18-,19+/m0/s1. The number of likely N-dealkylation sites (tertiary alicyclic amines) is 1. The van der Waals surface area contributed by atoms with Gasteiger partial charge in [-0.1, -0.05) is 46.3 Å². The molecule has 2 aliphatic rings. The predicted molar refractivity (Wildman–Crippen MR) is 115 cm³/mol. The number of esters is 1. The van der Waals surface area contributed by atoms with Gasteiger partial charge in [-0.2, -0.15) is 0 Å². The lowest BCUT2D eigenvalue weighted by molar-refractivity contribution is -0.170. The largest absolute Gasteiger partial charge is 0.459 e. The highest BCUT2D eigenvalue weighted by molar-refractivity contribution is 9.10. The molecule has 0 radical (unpaired) electrons. The molecule has 1 fully saturated rings. The molecule has 0 saturated carbocycles. The van der Waals surface area contributed by atoms with Crippen LogP contribution in [0, 0.1) is 0 Å². The van der Waals surface area contributed by atoms with E-state index in [0.29, 0.717) is 10.0 Å². The van der Waals surface area contributed by atoms with E-state index in [4.69, 9.17) is 4.74 Å². The van der Waals surface area contributed by atoms with E-state index in [9.17, 15) is 19.2 Å². The molecule has 8 heteroatoms. The molecule has 7 nitrogen and oxygen atoms in total. The zero-order chi connectivity index (χ0) is 22.5. The van der Waals surface area contributed by atoms with Crippen molar-refractivity contribution in [3.8, 4) is 0 Å². The third kappa shape index (κ3) is 3.65. The highest BCUT2D eigenvalue weighted by Crippen LogP contribution is 2.43. The molecule has 31 heavy (non-hydrogen) atoms. The summed E-state index contributed by atoms with van der Waals surface area (Å²) in [6, 6.07) is 12.0. The fourth-order valence-electron chi connectivity index (χ4n) is 3.98. The van der Waals surface area contributed by atoms with Gasteiger partial charge in [-0.25, -0.2) is 0 Å². The van der Waals surface area contributed by atoms with Gasteiger partial charge in [0.25, 0.3) is 11.8 Å². The van der Waals surface area contributed by atoms with Crippen LogP contribution >= 0.6 is 15.9 Å². The number of rotatable bonds is 4. The molecule has 2 aromatic carbocycles. The summed E-state index contributed by atoms with van der Waals surface area (Å²) in [7, 11) is 0. The van der Waals surface area contributed by atoms with Crippen LogP contribution < -0.4 is 0 Å². The van der Waals surface area contributed by atoms with Crippen molar-refractivity contribution in [2.24, 2.45) is 0 Å². The van der Waals surface area contributed by atoms with Gasteiger partial charge in [0.2, 0.25) is 5.91 Å². The van der Waals surface area contributed by atoms with Crippen LogP contribution in [0.3, 0.4) is 0 Å². The van der Waals surface area contributed by atoms with Crippen LogP contribution in [0.2, 0.25) is 0 Å². The van der Waals surface area contributed by atoms with E-state index in [1.807, 2.05) is 12.1 Å². The number of carbonyl (C=O) groups excluding carboxylic acids is 4. The maximum Gasteiger partial charge on any atom is 0.326 e. The summed E-state index contributed by atoms with van der Waals surface area (Å²) in [6.07, 6.45) is 0. The minimum Gasteiger partial charge on any atom is -0.459 e. The van der Waals surface area contributed by atoms with Gasteiger partial charge < -0.3 is 9.64 Å². The van der Waals surface area contributed by atoms with E-state index < -0.39 is 41.4 Å². The minimum atomic E-state index is -1.03. The molecular formula is C23H21BrN2O5. The maximum absolute atomic E-state index is 13.1. The van der Waals surface area contributed by atoms with Crippen molar-refractivity contribution < 1.29 is 23.9 Å². The van der Waals surface area contributed by atoms with Gasteiger partial charge in [-0.05, 0) is 44.5 Å². The highest BCUT2D eigenvalue weighted by Gasteiger charge is 2.57. The summed E-state index contributed by atoms with van der Waals surface area (Å²) in [4.78, 5) is 53.9. The number of nitrogens with zero attached hydrogens (tertiary/aromatic N) is 2. The van der Waals surface area contributed by atoms with Gasteiger partial charge in [0.15, 0.2) is 0 Å². The third-order valence-corrected chi connectivity index (χ3v) is 5.94. The zero-order valence-electron chi connectivity index (χ0n) is 17.3. The first-order valence-electron chi connectivity index (χ1n) is 9.84. The number of ether oxygens (including phenoxy) is 1. The van der Waals surface area contributed by atoms with Crippen molar-refractivity contribution in [2.75, 3.05) is 6.54 Å². The second kappa shape index (κ2) is 7.60. The van der Waals surface area contributed by atoms with Crippen molar-refractivity contribution in [3.05, 3.63) is 69.7 Å². The fourth-order valence-corrected chi connectivity index (χ4v) is 4.50. The van der Waals surface area contributed by atoms with Gasteiger partial charge in [-0.3, -0.25) is 24.1 Å². The van der Waals surface area contributed by atoms with Crippen LogP contribution in [0.4, 0.5) is 0 Å². The summed E-state index contributed by atoms with van der Waals surface area (Å²) >= 11 is 3.49. The minimum absolute atomic E-state index is 0.275. The van der Waals surface area contributed by atoms with E-state index >= 15 is 0 Å². The third-order valence-electron chi connectivity index (χ3n) is 5.22. The van der Waals surface area contributed by atoms with Crippen molar-refractivity contribution >= 4 is 39.6 Å². The van der Waals surface area contributed by atoms with E-state index in [2.05, 4.69) is 15.9 Å². The number of halogens is 1. The molecule has 4 rings (SSSR count). The smallest absolute Gasteiger partial charge is 0.326 e. The van der Waals surface area contributed by atoms with Crippen molar-refractivity contribution in [1.82, 2.24) is 9.80 Å². The van der Waals surface area contributed by atoms with Crippen LogP contribution in [0.15, 0.2) is 53.0 Å². The summed E-state index contributed by atoms with van der Waals surface area (Å²) in [5.41, 5.74) is 0.552. The molecule has 0 aromatic heterocycles. The second-order valence-corrected chi connectivity index (χ2v) is 9.34. The van der Waals surface area contributed by atoms with E-state index in [1.54, 1.807) is 57.2 Å². The summed E-state index contributed by atoms with van der Waals surface area (Å²) in [5.74, 6) is -2.04. The number of carbonyl (C=O) groups is 4. The van der Waals surface area contributed by atoms with Crippen LogP contribution in [0.5, 0.6) is 0 Å². The summed E-state index contributed by atoms with van der Waals surface area (Å²) in [5, 5.41) is 0. The van der Waals surface area contributed by atoms with Gasteiger partial charge >= 0.3 is 5.97 Å². The fraction of sp³-hybridized carbons (Fsp3) is 0.304. The van der Waals surface area contributed by atoms with Crippen molar-refractivity contribution in [3.63, 3.8) is 0 Å². The lowest BCUT2D eigenvalue weighted by Crippen LogP contribution is -2.67. The van der Waals surface area contributed by atoms with Gasteiger partial charge in [0.05, 0.1) is 17.2 Å². The molecule has 0 bridgehead atoms. The molecule has 3 amide bonds. The molecule has 2 aromatic rings. The number of fused-ring (bicyclic) bond motifs is 1. The van der Waals surface area contributed by atoms with Gasteiger partial charge in [0, 0.05) is 4.47 Å². The van der Waals surface area contributed by atoms with Crippen molar-refractivity contribution in [1.29, 1.82) is 0 Å². The molecule has 2 heterocycles. The average molecular weight is 485 g/mol.